The van der Waals surface area contributed by atoms with Gasteiger partial charge in [0.15, 0.2) is 0 Å². The average Bonchev–Trinajstić information content (AvgIpc) is 2.26. The largest absolute Gasteiger partial charge is 0.416 e. The Hall–Kier alpha value is -0.250. The third-order valence-corrected chi connectivity index (χ3v) is 3.24. The molecule has 0 amide bonds. The zero-order valence-electron chi connectivity index (χ0n) is 8.93. The van der Waals surface area contributed by atoms with Crippen molar-refractivity contribution >= 4 is 39.9 Å². The van der Waals surface area contributed by atoms with Crippen LogP contribution in [0.25, 0.3) is 0 Å². The van der Waals surface area contributed by atoms with Crippen molar-refractivity contribution in [2.75, 3.05) is 18.5 Å². The van der Waals surface area contributed by atoms with E-state index in [-0.39, 0.29) is 15.1 Å². The molecule has 0 spiro atoms. The van der Waals surface area contributed by atoms with Gasteiger partial charge in [-0.2, -0.15) is 13.2 Å². The highest BCUT2D eigenvalue weighted by Gasteiger charge is 2.31. The smallest absolute Gasteiger partial charge is 0.394 e. The lowest BCUT2D eigenvalue weighted by Gasteiger charge is -2.15. The number of halogens is 5. The van der Waals surface area contributed by atoms with Crippen molar-refractivity contribution in [2.45, 2.75) is 12.3 Å². The highest BCUT2D eigenvalue weighted by atomic mass is 127. The van der Waals surface area contributed by atoms with Crippen molar-refractivity contribution < 1.29 is 23.4 Å². The minimum Gasteiger partial charge on any atom is -0.394 e. The number of rotatable bonds is 4. The molecule has 1 aromatic rings. The standard InChI is InChI=1S/C10H10ClF3INO2/c11-7-1-5(10(12,13)14)2-8(15)9(7)16-3-6(18)4-17/h1-2,6,16-18H,3-4H2. The number of aliphatic hydroxyl groups is 2. The summed E-state index contributed by atoms with van der Waals surface area (Å²) < 4.78 is 37.8. The number of aliphatic hydroxyl groups excluding tert-OH is 2. The van der Waals surface area contributed by atoms with Crippen LogP contribution in [0.2, 0.25) is 5.02 Å². The summed E-state index contributed by atoms with van der Waals surface area (Å²) >= 11 is 7.48. The van der Waals surface area contributed by atoms with Crippen LogP contribution in [0.3, 0.4) is 0 Å². The van der Waals surface area contributed by atoms with Crippen molar-refractivity contribution in [3.8, 4) is 0 Å². The monoisotopic (exact) mass is 395 g/mol. The van der Waals surface area contributed by atoms with Crippen LogP contribution in [0, 0.1) is 3.57 Å². The van der Waals surface area contributed by atoms with Crippen LogP contribution in [-0.4, -0.2) is 29.5 Å². The predicted octanol–water partition coefficient (Wildman–Crippen LogP) is 2.73. The Bertz CT molecular complexity index is 405. The molecule has 0 saturated carbocycles. The van der Waals surface area contributed by atoms with Gasteiger partial charge in [-0.25, -0.2) is 0 Å². The fourth-order valence-electron chi connectivity index (χ4n) is 1.19. The molecule has 1 rings (SSSR count). The molecule has 1 aromatic carbocycles. The molecule has 0 fully saturated rings. The fourth-order valence-corrected chi connectivity index (χ4v) is 2.45. The van der Waals surface area contributed by atoms with Crippen LogP contribution in [0.5, 0.6) is 0 Å². The Morgan fingerprint density at radius 2 is 2.00 bits per heavy atom. The van der Waals surface area contributed by atoms with E-state index in [1.165, 1.54) is 0 Å². The fraction of sp³-hybridized carbons (Fsp3) is 0.400. The molecular formula is C10H10ClF3INO2. The van der Waals surface area contributed by atoms with Crippen LogP contribution < -0.4 is 5.32 Å². The molecule has 3 nitrogen and oxygen atoms in total. The maximum Gasteiger partial charge on any atom is 0.416 e. The van der Waals surface area contributed by atoms with Gasteiger partial charge in [0.25, 0.3) is 0 Å². The molecule has 8 heteroatoms. The van der Waals surface area contributed by atoms with Crippen molar-refractivity contribution in [2.24, 2.45) is 0 Å². The molecule has 18 heavy (non-hydrogen) atoms. The Kier molecular flexibility index (Phi) is 5.50. The lowest BCUT2D eigenvalue weighted by atomic mass is 10.2. The summed E-state index contributed by atoms with van der Waals surface area (Å²) in [7, 11) is 0. The number of nitrogens with one attached hydrogen (secondary N) is 1. The highest BCUT2D eigenvalue weighted by molar-refractivity contribution is 14.1. The van der Waals surface area contributed by atoms with E-state index in [1.807, 2.05) is 0 Å². The molecule has 0 saturated heterocycles. The molecule has 1 atom stereocenters. The van der Waals surface area contributed by atoms with Crippen molar-refractivity contribution in [1.29, 1.82) is 0 Å². The summed E-state index contributed by atoms with van der Waals surface area (Å²) in [6.07, 6.45) is -5.45. The first-order chi connectivity index (χ1) is 8.25. The molecule has 0 radical (unpaired) electrons. The van der Waals surface area contributed by atoms with Gasteiger partial charge >= 0.3 is 6.18 Å². The van der Waals surface area contributed by atoms with E-state index >= 15 is 0 Å². The van der Waals surface area contributed by atoms with Crippen molar-refractivity contribution in [3.63, 3.8) is 0 Å². The topological polar surface area (TPSA) is 52.5 Å². The van der Waals surface area contributed by atoms with Gasteiger partial charge in [0.1, 0.15) is 0 Å². The van der Waals surface area contributed by atoms with Crippen LogP contribution >= 0.6 is 34.2 Å². The van der Waals surface area contributed by atoms with Gasteiger partial charge in [0.05, 0.1) is 29.0 Å². The third kappa shape index (κ3) is 4.15. The van der Waals surface area contributed by atoms with Gasteiger partial charge in [-0.05, 0) is 34.7 Å². The van der Waals surface area contributed by atoms with Crippen LogP contribution in [-0.2, 0) is 6.18 Å². The summed E-state index contributed by atoms with van der Waals surface area (Å²) in [5.41, 5.74) is -0.525. The molecule has 1 unspecified atom stereocenters. The van der Waals surface area contributed by atoms with Gasteiger partial charge in [-0.3, -0.25) is 0 Å². The molecule has 0 aliphatic heterocycles. The first-order valence-corrected chi connectivity index (χ1v) is 6.30. The lowest BCUT2D eigenvalue weighted by Crippen LogP contribution is -2.23. The van der Waals surface area contributed by atoms with E-state index < -0.39 is 24.5 Å². The SMILES string of the molecule is OCC(O)CNc1c(Cl)cc(C(F)(F)F)cc1I. The predicted molar refractivity (Wildman–Crippen MR) is 70.8 cm³/mol. The molecular weight excluding hydrogens is 385 g/mol. The maximum absolute atomic E-state index is 12.5. The Balaban J connectivity index is 2.95. The average molecular weight is 396 g/mol. The second-order valence-electron chi connectivity index (χ2n) is 3.53. The number of hydrogen-bond donors (Lipinski definition) is 3. The van der Waals surface area contributed by atoms with E-state index in [1.54, 1.807) is 22.6 Å². The Labute approximate surface area is 120 Å². The van der Waals surface area contributed by atoms with E-state index in [2.05, 4.69) is 5.32 Å². The number of hydrogen-bond acceptors (Lipinski definition) is 3. The van der Waals surface area contributed by atoms with Gasteiger partial charge in [0.2, 0.25) is 0 Å². The molecule has 3 N–H and O–H groups in total. The molecule has 0 aromatic heterocycles. The number of alkyl halides is 3. The maximum atomic E-state index is 12.5. The normalized spacial score (nSPS) is 13.5. The molecule has 0 bridgehead atoms. The zero-order chi connectivity index (χ0) is 13.9. The van der Waals surface area contributed by atoms with Gasteiger partial charge < -0.3 is 15.5 Å². The van der Waals surface area contributed by atoms with E-state index in [0.29, 0.717) is 5.69 Å². The third-order valence-electron chi connectivity index (χ3n) is 2.09. The van der Waals surface area contributed by atoms with E-state index in [9.17, 15) is 13.2 Å². The van der Waals surface area contributed by atoms with Crippen LogP contribution in [0.15, 0.2) is 12.1 Å². The second kappa shape index (κ2) is 6.27. The summed E-state index contributed by atoms with van der Waals surface area (Å²) in [6.45, 7) is -0.445. The molecule has 0 aliphatic carbocycles. The Morgan fingerprint density at radius 1 is 1.39 bits per heavy atom. The van der Waals surface area contributed by atoms with Gasteiger partial charge in [-0.15, -0.1) is 0 Å². The minimum absolute atomic E-state index is 0.00239. The zero-order valence-corrected chi connectivity index (χ0v) is 11.8. The summed E-state index contributed by atoms with van der Waals surface area (Å²) in [5, 5.41) is 20.4. The highest BCUT2D eigenvalue weighted by Crippen LogP contribution is 2.36. The first-order valence-electron chi connectivity index (χ1n) is 4.84. The van der Waals surface area contributed by atoms with E-state index in [4.69, 9.17) is 21.8 Å². The summed E-state index contributed by atoms with van der Waals surface area (Å²) in [6, 6.07) is 1.78. The molecule has 0 aliphatic rings. The van der Waals surface area contributed by atoms with Crippen molar-refractivity contribution in [3.05, 3.63) is 26.3 Å². The molecule has 0 heterocycles. The van der Waals surface area contributed by atoms with Gasteiger partial charge in [-0.1, -0.05) is 11.6 Å². The van der Waals surface area contributed by atoms with Crippen LogP contribution in [0.1, 0.15) is 5.56 Å². The van der Waals surface area contributed by atoms with E-state index in [0.717, 1.165) is 12.1 Å². The second-order valence-corrected chi connectivity index (χ2v) is 5.10. The molecule has 102 valence electrons. The summed E-state index contributed by atoms with van der Waals surface area (Å²) in [5.74, 6) is 0. The minimum atomic E-state index is -4.45. The number of anilines is 1. The number of benzene rings is 1. The summed E-state index contributed by atoms with van der Waals surface area (Å²) in [4.78, 5) is 0. The Morgan fingerprint density at radius 3 is 2.44 bits per heavy atom. The van der Waals surface area contributed by atoms with Crippen LogP contribution in [0.4, 0.5) is 18.9 Å². The van der Waals surface area contributed by atoms with Gasteiger partial charge in [0, 0.05) is 10.1 Å². The van der Waals surface area contributed by atoms with Crippen molar-refractivity contribution in [1.82, 2.24) is 0 Å². The first kappa shape index (κ1) is 15.8. The quantitative estimate of drug-likeness (QED) is 0.687. The lowest BCUT2D eigenvalue weighted by molar-refractivity contribution is -0.137.